The third kappa shape index (κ3) is 5.72. The summed E-state index contributed by atoms with van der Waals surface area (Å²) >= 11 is 0. The van der Waals surface area contributed by atoms with Gasteiger partial charge in [-0.3, -0.25) is 9.48 Å². The molecule has 1 heterocycles. The number of methoxy groups -OCH3 is 1. The molecule has 150 valence electrons. The lowest BCUT2D eigenvalue weighted by atomic mass is 10.1. The lowest BCUT2D eigenvalue weighted by Crippen LogP contribution is -2.19. The molecule has 1 amide bonds. The number of hydrogen-bond acceptors (Lipinski definition) is 4. The standard InChI is InChI=1S/C23H25N3O3/c1-17-6-4-5-7-21(17)29-16-20-12-18(8-10-22(20)28-3)9-11-23(27)24-13-19-14-25-26(2)15-19/h4-12,14-15H,13,16H2,1-3H3,(H,24,27)/b11-9+. The second-order valence-electron chi connectivity index (χ2n) is 6.70. The number of aromatic nitrogens is 2. The van der Waals surface area contributed by atoms with Gasteiger partial charge in [-0.2, -0.15) is 5.10 Å². The first-order valence-electron chi connectivity index (χ1n) is 9.34. The number of aryl methyl sites for hydroxylation is 2. The zero-order valence-corrected chi connectivity index (χ0v) is 16.9. The molecule has 6 heteroatoms. The van der Waals surface area contributed by atoms with Crippen LogP contribution in [0.1, 0.15) is 22.3 Å². The summed E-state index contributed by atoms with van der Waals surface area (Å²) in [5.41, 5.74) is 3.83. The van der Waals surface area contributed by atoms with Crippen molar-refractivity contribution in [2.75, 3.05) is 7.11 Å². The summed E-state index contributed by atoms with van der Waals surface area (Å²) in [7, 11) is 3.48. The quantitative estimate of drug-likeness (QED) is 0.596. The average molecular weight is 391 g/mol. The summed E-state index contributed by atoms with van der Waals surface area (Å²) in [4.78, 5) is 12.1. The number of rotatable bonds is 8. The van der Waals surface area contributed by atoms with E-state index in [9.17, 15) is 4.79 Å². The van der Waals surface area contributed by atoms with Crippen LogP contribution in [0.25, 0.3) is 6.08 Å². The molecule has 2 aromatic carbocycles. The number of hydrogen-bond donors (Lipinski definition) is 1. The molecule has 3 rings (SSSR count). The molecule has 0 aliphatic heterocycles. The molecular formula is C23H25N3O3. The van der Waals surface area contributed by atoms with Gasteiger partial charge in [-0.25, -0.2) is 0 Å². The van der Waals surface area contributed by atoms with E-state index in [0.717, 1.165) is 33.8 Å². The van der Waals surface area contributed by atoms with Gasteiger partial charge >= 0.3 is 0 Å². The van der Waals surface area contributed by atoms with E-state index in [1.165, 1.54) is 6.08 Å². The predicted octanol–water partition coefficient (Wildman–Crippen LogP) is 3.65. The highest BCUT2D eigenvalue weighted by Crippen LogP contribution is 2.24. The summed E-state index contributed by atoms with van der Waals surface area (Å²) in [6, 6.07) is 13.6. The van der Waals surface area contributed by atoms with Crippen LogP contribution in [0.5, 0.6) is 11.5 Å². The Bertz CT molecular complexity index is 1010. The van der Waals surface area contributed by atoms with Crippen LogP contribution in [0.15, 0.2) is 60.9 Å². The van der Waals surface area contributed by atoms with Crippen molar-refractivity contribution >= 4 is 12.0 Å². The van der Waals surface area contributed by atoms with E-state index >= 15 is 0 Å². The van der Waals surface area contributed by atoms with E-state index in [1.54, 1.807) is 24.1 Å². The minimum atomic E-state index is -0.164. The molecular weight excluding hydrogens is 366 g/mol. The molecule has 3 aromatic rings. The van der Waals surface area contributed by atoms with Gasteiger partial charge in [-0.05, 0) is 42.3 Å². The molecule has 1 N–H and O–H groups in total. The van der Waals surface area contributed by atoms with E-state index in [2.05, 4.69) is 10.4 Å². The van der Waals surface area contributed by atoms with Crippen LogP contribution in [0.4, 0.5) is 0 Å². The fourth-order valence-electron chi connectivity index (χ4n) is 2.87. The molecule has 1 aromatic heterocycles. The Labute approximate surface area is 170 Å². The lowest BCUT2D eigenvalue weighted by molar-refractivity contribution is -0.116. The Morgan fingerprint density at radius 3 is 2.76 bits per heavy atom. The fraction of sp³-hybridized carbons (Fsp3) is 0.217. The normalized spacial score (nSPS) is 10.9. The van der Waals surface area contributed by atoms with Crippen molar-refractivity contribution in [1.82, 2.24) is 15.1 Å². The highest BCUT2D eigenvalue weighted by Gasteiger charge is 2.07. The Hall–Kier alpha value is -3.54. The van der Waals surface area contributed by atoms with Crippen LogP contribution in [-0.4, -0.2) is 22.8 Å². The van der Waals surface area contributed by atoms with Crippen LogP contribution in [0.3, 0.4) is 0 Å². The SMILES string of the molecule is COc1ccc(/C=C/C(=O)NCc2cnn(C)c2)cc1COc1ccccc1C. The molecule has 0 unspecified atom stereocenters. The number of amides is 1. The maximum atomic E-state index is 12.1. The summed E-state index contributed by atoms with van der Waals surface area (Å²) < 4.78 is 13.1. The van der Waals surface area contributed by atoms with Gasteiger partial charge in [0, 0.05) is 37.0 Å². The first kappa shape index (κ1) is 20.2. The molecule has 29 heavy (non-hydrogen) atoms. The van der Waals surface area contributed by atoms with Gasteiger partial charge in [0.2, 0.25) is 5.91 Å². The van der Waals surface area contributed by atoms with E-state index in [4.69, 9.17) is 9.47 Å². The Morgan fingerprint density at radius 1 is 1.21 bits per heavy atom. The number of benzene rings is 2. The Kier molecular flexibility index (Phi) is 6.68. The second kappa shape index (κ2) is 9.59. The van der Waals surface area contributed by atoms with Crippen molar-refractivity contribution < 1.29 is 14.3 Å². The number of nitrogens with one attached hydrogen (secondary N) is 1. The molecule has 0 saturated carbocycles. The molecule has 0 atom stereocenters. The van der Waals surface area contributed by atoms with Crippen molar-refractivity contribution in [3.8, 4) is 11.5 Å². The van der Waals surface area contributed by atoms with Crippen molar-refractivity contribution in [2.24, 2.45) is 7.05 Å². The average Bonchev–Trinajstić information content (AvgIpc) is 3.15. The van der Waals surface area contributed by atoms with E-state index in [-0.39, 0.29) is 5.91 Å². The first-order valence-corrected chi connectivity index (χ1v) is 9.34. The maximum Gasteiger partial charge on any atom is 0.244 e. The van der Waals surface area contributed by atoms with Gasteiger partial charge in [-0.15, -0.1) is 0 Å². The van der Waals surface area contributed by atoms with Crippen molar-refractivity contribution in [3.05, 3.63) is 83.2 Å². The monoisotopic (exact) mass is 391 g/mol. The Morgan fingerprint density at radius 2 is 2.03 bits per heavy atom. The molecule has 0 aliphatic carbocycles. The molecule has 0 bridgehead atoms. The van der Waals surface area contributed by atoms with E-state index in [0.29, 0.717) is 13.2 Å². The summed E-state index contributed by atoms with van der Waals surface area (Å²) in [5.74, 6) is 1.42. The molecule has 0 fully saturated rings. The van der Waals surface area contributed by atoms with Gasteiger partial charge < -0.3 is 14.8 Å². The highest BCUT2D eigenvalue weighted by molar-refractivity contribution is 5.91. The molecule has 0 aliphatic rings. The van der Waals surface area contributed by atoms with Gasteiger partial charge in [-0.1, -0.05) is 24.3 Å². The smallest absolute Gasteiger partial charge is 0.244 e. The highest BCUT2D eigenvalue weighted by atomic mass is 16.5. The van der Waals surface area contributed by atoms with Gasteiger partial charge in [0.1, 0.15) is 18.1 Å². The van der Waals surface area contributed by atoms with Crippen molar-refractivity contribution in [2.45, 2.75) is 20.1 Å². The van der Waals surface area contributed by atoms with Crippen LogP contribution in [-0.2, 0) is 25.0 Å². The second-order valence-corrected chi connectivity index (χ2v) is 6.70. The molecule has 6 nitrogen and oxygen atoms in total. The number of carbonyl (C=O) groups excluding carboxylic acids is 1. The molecule has 0 spiro atoms. The third-order valence-electron chi connectivity index (χ3n) is 4.43. The fourth-order valence-corrected chi connectivity index (χ4v) is 2.87. The molecule has 0 saturated heterocycles. The number of para-hydroxylation sites is 1. The number of carbonyl (C=O) groups is 1. The summed E-state index contributed by atoms with van der Waals surface area (Å²) in [6.45, 7) is 2.83. The zero-order valence-electron chi connectivity index (χ0n) is 16.9. The molecule has 0 radical (unpaired) electrons. The van der Waals surface area contributed by atoms with E-state index in [1.807, 2.05) is 62.6 Å². The van der Waals surface area contributed by atoms with Gasteiger partial charge in [0.15, 0.2) is 0 Å². The largest absolute Gasteiger partial charge is 0.496 e. The van der Waals surface area contributed by atoms with Gasteiger partial charge in [0.25, 0.3) is 0 Å². The van der Waals surface area contributed by atoms with E-state index < -0.39 is 0 Å². The summed E-state index contributed by atoms with van der Waals surface area (Å²) in [5, 5.41) is 6.93. The summed E-state index contributed by atoms with van der Waals surface area (Å²) in [6.07, 6.45) is 6.89. The van der Waals surface area contributed by atoms with Crippen LogP contribution < -0.4 is 14.8 Å². The first-order chi connectivity index (χ1) is 14.0. The van der Waals surface area contributed by atoms with Gasteiger partial charge in [0.05, 0.1) is 13.3 Å². The maximum absolute atomic E-state index is 12.1. The van der Waals surface area contributed by atoms with Crippen molar-refractivity contribution in [3.63, 3.8) is 0 Å². The predicted molar refractivity (Wildman–Crippen MR) is 113 cm³/mol. The van der Waals surface area contributed by atoms with Crippen LogP contribution in [0.2, 0.25) is 0 Å². The topological polar surface area (TPSA) is 65.4 Å². The van der Waals surface area contributed by atoms with Crippen molar-refractivity contribution in [1.29, 1.82) is 0 Å². The minimum Gasteiger partial charge on any atom is -0.496 e. The number of nitrogens with zero attached hydrogens (tertiary/aromatic N) is 2. The number of ether oxygens (including phenoxy) is 2. The third-order valence-corrected chi connectivity index (χ3v) is 4.43. The zero-order chi connectivity index (χ0) is 20.6. The lowest BCUT2D eigenvalue weighted by Gasteiger charge is -2.12. The Balaban J connectivity index is 1.63. The van der Waals surface area contributed by atoms with Crippen LogP contribution >= 0.6 is 0 Å². The van der Waals surface area contributed by atoms with Crippen LogP contribution in [0, 0.1) is 6.92 Å². The minimum absolute atomic E-state index is 0.164.